The van der Waals surface area contributed by atoms with E-state index in [1.54, 1.807) is 11.0 Å². The van der Waals surface area contributed by atoms with Gasteiger partial charge in [0.15, 0.2) is 0 Å². The van der Waals surface area contributed by atoms with E-state index in [9.17, 15) is 23.1 Å². The van der Waals surface area contributed by atoms with Gasteiger partial charge in [-0.1, -0.05) is 6.07 Å². The lowest BCUT2D eigenvalue weighted by Gasteiger charge is -2.34. The molecule has 1 saturated heterocycles. The van der Waals surface area contributed by atoms with Gasteiger partial charge in [-0.2, -0.15) is 13.2 Å². The molecule has 5 nitrogen and oxygen atoms in total. The smallest absolute Gasteiger partial charge is 0.390 e. The monoisotopic (exact) mass is 332 g/mol. The fraction of sp³-hybridized carbons (Fsp3) is 0.533. The number of piperazine rings is 1. The van der Waals surface area contributed by atoms with Crippen LogP contribution in [0.4, 0.5) is 13.2 Å². The van der Waals surface area contributed by atoms with Crippen LogP contribution in [-0.4, -0.2) is 55.4 Å². The number of methoxy groups -OCH3 is 1. The minimum Gasteiger partial charge on any atom is -0.507 e. The average Bonchev–Trinajstić information content (AvgIpc) is 2.52. The fourth-order valence-electron chi connectivity index (χ4n) is 2.57. The first kappa shape index (κ1) is 17.6. The average molecular weight is 332 g/mol. The predicted octanol–water partition coefficient (Wildman–Crippen LogP) is 2.08. The SMILES string of the molecule is COC(=O)c1ccc(C2CN(CCC(F)(F)F)CCN2)cc1O. The van der Waals surface area contributed by atoms with E-state index in [-0.39, 0.29) is 23.9 Å². The van der Waals surface area contributed by atoms with Gasteiger partial charge in [-0.3, -0.25) is 4.90 Å². The Morgan fingerprint density at radius 2 is 2.22 bits per heavy atom. The third kappa shape index (κ3) is 4.84. The maximum atomic E-state index is 12.3. The summed E-state index contributed by atoms with van der Waals surface area (Å²) in [5.41, 5.74) is 0.771. The normalized spacial score (nSPS) is 19.6. The van der Waals surface area contributed by atoms with Gasteiger partial charge in [0.05, 0.1) is 13.5 Å². The number of esters is 1. The number of nitrogens with one attached hydrogen (secondary N) is 1. The van der Waals surface area contributed by atoms with Crippen LogP contribution in [-0.2, 0) is 4.74 Å². The van der Waals surface area contributed by atoms with Crippen LogP contribution in [0, 0.1) is 0 Å². The number of carbonyl (C=O) groups excluding carboxylic acids is 1. The Hall–Kier alpha value is -1.80. The van der Waals surface area contributed by atoms with Crippen molar-refractivity contribution in [2.45, 2.75) is 18.6 Å². The predicted molar refractivity (Wildman–Crippen MR) is 77.3 cm³/mol. The fourth-order valence-corrected chi connectivity index (χ4v) is 2.57. The summed E-state index contributed by atoms with van der Waals surface area (Å²) in [6.07, 6.45) is -5.01. The third-order valence-corrected chi connectivity index (χ3v) is 3.80. The van der Waals surface area contributed by atoms with Crippen molar-refractivity contribution >= 4 is 5.97 Å². The second kappa shape index (κ2) is 7.18. The maximum Gasteiger partial charge on any atom is 0.390 e. The Kier molecular flexibility index (Phi) is 5.48. The number of hydrogen-bond acceptors (Lipinski definition) is 5. The first-order chi connectivity index (χ1) is 10.8. The molecule has 0 aliphatic carbocycles. The molecule has 1 unspecified atom stereocenters. The zero-order valence-electron chi connectivity index (χ0n) is 12.7. The molecule has 0 spiro atoms. The Balaban J connectivity index is 2.03. The summed E-state index contributed by atoms with van der Waals surface area (Å²) >= 11 is 0. The van der Waals surface area contributed by atoms with E-state index < -0.39 is 18.6 Å². The summed E-state index contributed by atoms with van der Waals surface area (Å²) in [4.78, 5) is 13.2. The Morgan fingerprint density at radius 1 is 1.48 bits per heavy atom. The summed E-state index contributed by atoms with van der Waals surface area (Å²) in [5, 5.41) is 13.1. The molecular formula is C15H19F3N2O3. The molecule has 1 aromatic rings. The van der Waals surface area contributed by atoms with Crippen molar-refractivity contribution in [1.29, 1.82) is 0 Å². The van der Waals surface area contributed by atoms with E-state index in [1.807, 2.05) is 0 Å². The molecule has 1 atom stereocenters. The molecule has 8 heteroatoms. The number of nitrogens with zero attached hydrogens (tertiary/aromatic N) is 1. The number of phenolic OH excluding ortho intramolecular Hbond substituents is 1. The molecule has 2 rings (SSSR count). The zero-order valence-corrected chi connectivity index (χ0v) is 12.7. The highest BCUT2D eigenvalue weighted by Crippen LogP contribution is 2.26. The Morgan fingerprint density at radius 3 is 2.83 bits per heavy atom. The minimum absolute atomic E-state index is 0.0477. The summed E-state index contributed by atoms with van der Waals surface area (Å²) in [6, 6.07) is 4.36. The van der Waals surface area contributed by atoms with Crippen LogP contribution in [0.25, 0.3) is 0 Å². The highest BCUT2D eigenvalue weighted by atomic mass is 19.4. The molecular weight excluding hydrogens is 313 g/mol. The van der Waals surface area contributed by atoms with Crippen molar-refractivity contribution in [2.75, 3.05) is 33.3 Å². The minimum atomic E-state index is -4.17. The van der Waals surface area contributed by atoms with Gasteiger partial charge >= 0.3 is 12.1 Å². The van der Waals surface area contributed by atoms with E-state index in [4.69, 9.17) is 0 Å². The van der Waals surface area contributed by atoms with E-state index in [1.165, 1.54) is 19.2 Å². The molecule has 0 saturated carbocycles. The summed E-state index contributed by atoms with van der Waals surface area (Å²) in [5.74, 6) is -0.846. The standard InChI is InChI=1S/C15H19F3N2O3/c1-23-14(22)11-3-2-10(8-13(11)21)12-9-20(7-5-19-12)6-4-15(16,17)18/h2-3,8,12,19,21H,4-7,9H2,1H3. The summed E-state index contributed by atoms with van der Waals surface area (Å²) < 4.78 is 41.5. The number of aromatic hydroxyl groups is 1. The molecule has 128 valence electrons. The highest BCUT2D eigenvalue weighted by Gasteiger charge is 2.29. The van der Waals surface area contributed by atoms with Gasteiger partial charge in [-0.25, -0.2) is 4.79 Å². The molecule has 0 amide bonds. The van der Waals surface area contributed by atoms with Gasteiger partial charge < -0.3 is 15.2 Å². The molecule has 0 radical (unpaired) electrons. The van der Waals surface area contributed by atoms with Gasteiger partial charge in [-0.05, 0) is 17.7 Å². The van der Waals surface area contributed by atoms with Gasteiger partial charge in [-0.15, -0.1) is 0 Å². The molecule has 2 N–H and O–H groups in total. The molecule has 23 heavy (non-hydrogen) atoms. The van der Waals surface area contributed by atoms with Crippen molar-refractivity contribution in [2.24, 2.45) is 0 Å². The van der Waals surface area contributed by atoms with Gasteiger partial charge in [0.1, 0.15) is 11.3 Å². The van der Waals surface area contributed by atoms with Crippen LogP contribution < -0.4 is 5.32 Å². The number of phenols is 1. The highest BCUT2D eigenvalue weighted by molar-refractivity contribution is 5.92. The van der Waals surface area contributed by atoms with Gasteiger partial charge in [0, 0.05) is 32.2 Å². The topological polar surface area (TPSA) is 61.8 Å². The second-order valence-corrected chi connectivity index (χ2v) is 5.44. The third-order valence-electron chi connectivity index (χ3n) is 3.80. The summed E-state index contributed by atoms with van der Waals surface area (Å²) in [7, 11) is 1.22. The van der Waals surface area contributed by atoms with Crippen LogP contribution in [0.15, 0.2) is 18.2 Å². The quantitative estimate of drug-likeness (QED) is 0.827. The van der Waals surface area contributed by atoms with Crippen LogP contribution in [0.1, 0.15) is 28.4 Å². The number of halogens is 3. The van der Waals surface area contributed by atoms with Crippen molar-refractivity contribution in [3.63, 3.8) is 0 Å². The number of hydrogen-bond donors (Lipinski definition) is 2. The first-order valence-corrected chi connectivity index (χ1v) is 7.24. The van der Waals surface area contributed by atoms with Crippen molar-refractivity contribution in [3.05, 3.63) is 29.3 Å². The maximum absolute atomic E-state index is 12.3. The lowest BCUT2D eigenvalue weighted by atomic mass is 10.0. The number of carbonyl (C=O) groups is 1. The van der Waals surface area contributed by atoms with Crippen LogP contribution in [0.2, 0.25) is 0 Å². The van der Waals surface area contributed by atoms with Gasteiger partial charge in [0.2, 0.25) is 0 Å². The zero-order chi connectivity index (χ0) is 17.0. The van der Waals surface area contributed by atoms with Crippen LogP contribution in [0.3, 0.4) is 0 Å². The molecule has 1 aliphatic heterocycles. The number of rotatable bonds is 4. The van der Waals surface area contributed by atoms with Crippen molar-refractivity contribution in [3.8, 4) is 5.75 Å². The number of benzene rings is 1. The lowest BCUT2D eigenvalue weighted by molar-refractivity contribution is -0.138. The molecule has 1 fully saturated rings. The van der Waals surface area contributed by atoms with E-state index in [0.29, 0.717) is 25.2 Å². The number of alkyl halides is 3. The van der Waals surface area contributed by atoms with Crippen molar-refractivity contribution in [1.82, 2.24) is 10.2 Å². The Labute approximate surface area is 132 Å². The van der Waals surface area contributed by atoms with E-state index in [0.717, 1.165) is 0 Å². The molecule has 0 bridgehead atoms. The van der Waals surface area contributed by atoms with Crippen LogP contribution in [0.5, 0.6) is 5.75 Å². The summed E-state index contributed by atoms with van der Waals surface area (Å²) in [6.45, 7) is 1.46. The number of ether oxygens (including phenoxy) is 1. The molecule has 1 aromatic carbocycles. The van der Waals surface area contributed by atoms with Gasteiger partial charge in [0.25, 0.3) is 0 Å². The van der Waals surface area contributed by atoms with Crippen molar-refractivity contribution < 1.29 is 27.8 Å². The molecule has 1 aliphatic rings. The molecule has 0 aromatic heterocycles. The second-order valence-electron chi connectivity index (χ2n) is 5.44. The molecule has 1 heterocycles. The largest absolute Gasteiger partial charge is 0.507 e. The first-order valence-electron chi connectivity index (χ1n) is 7.24. The van der Waals surface area contributed by atoms with Crippen LogP contribution >= 0.6 is 0 Å². The Bertz CT molecular complexity index is 563. The van der Waals surface area contributed by atoms with E-state index >= 15 is 0 Å². The lowest BCUT2D eigenvalue weighted by Crippen LogP contribution is -2.46. The van der Waals surface area contributed by atoms with E-state index in [2.05, 4.69) is 10.1 Å².